The molecule has 2 atom stereocenters. The highest BCUT2D eigenvalue weighted by Crippen LogP contribution is 2.20. The van der Waals surface area contributed by atoms with E-state index in [0.29, 0.717) is 25.9 Å². The predicted molar refractivity (Wildman–Crippen MR) is 347 cm³/mol. The maximum Gasteiger partial charge on any atom is 0.305 e. The molecule has 0 aromatic heterocycles. The van der Waals surface area contributed by atoms with Gasteiger partial charge in [-0.2, -0.15) is 0 Å². The SMILES string of the molecule is CCCCCCCCCCCCCCCCCCCCCCCCCCC(O)C(CO)NC(=O)CCCCCCCCCCCCCCCCCCCCCOC(=O)CCCCCCCCCCCCCCCCCCCCC. The fraction of sp³-hybridized carbons (Fsp3) is 0.973. The molecule has 0 saturated heterocycles. The zero-order valence-electron chi connectivity index (χ0n) is 54.2. The topological polar surface area (TPSA) is 95.9 Å². The van der Waals surface area contributed by atoms with E-state index in [0.717, 1.165) is 38.5 Å². The highest BCUT2D eigenvalue weighted by atomic mass is 16.5. The van der Waals surface area contributed by atoms with Gasteiger partial charge in [-0.25, -0.2) is 0 Å². The molecule has 0 aliphatic heterocycles. The van der Waals surface area contributed by atoms with Crippen molar-refractivity contribution in [1.29, 1.82) is 0 Å². The van der Waals surface area contributed by atoms with Crippen LogP contribution in [0, 0.1) is 0 Å². The first kappa shape index (κ1) is 77.9. The van der Waals surface area contributed by atoms with Gasteiger partial charge < -0.3 is 20.3 Å². The Labute approximate surface area is 496 Å². The number of esters is 1. The fourth-order valence-electron chi connectivity index (χ4n) is 12.1. The molecule has 0 saturated carbocycles. The first-order chi connectivity index (χ1) is 39.0. The summed E-state index contributed by atoms with van der Waals surface area (Å²) < 4.78 is 5.51. The number of carbonyl (C=O) groups is 2. The molecule has 0 spiro atoms. The average molecular weight is 1120 g/mol. The van der Waals surface area contributed by atoms with Crippen molar-refractivity contribution in [2.45, 2.75) is 443 Å². The van der Waals surface area contributed by atoms with Gasteiger partial charge in [0.25, 0.3) is 0 Å². The molecule has 0 aliphatic carbocycles. The van der Waals surface area contributed by atoms with Gasteiger partial charge in [-0.05, 0) is 25.7 Å². The summed E-state index contributed by atoms with van der Waals surface area (Å²) in [4.78, 5) is 24.7. The summed E-state index contributed by atoms with van der Waals surface area (Å²) in [5.74, 6) is -0.0157. The Kier molecular flexibility index (Phi) is 68.4. The van der Waals surface area contributed by atoms with Gasteiger partial charge in [0.15, 0.2) is 0 Å². The summed E-state index contributed by atoms with van der Waals surface area (Å²) in [7, 11) is 0. The number of aliphatic hydroxyl groups is 2. The maximum absolute atomic E-state index is 12.6. The van der Waals surface area contributed by atoms with E-state index in [1.54, 1.807) is 0 Å². The third-order valence-electron chi connectivity index (χ3n) is 17.7. The van der Waals surface area contributed by atoms with Crippen LogP contribution in [0.25, 0.3) is 0 Å². The summed E-state index contributed by atoms with van der Waals surface area (Å²) in [5, 5.41) is 23.5. The summed E-state index contributed by atoms with van der Waals surface area (Å²) in [6, 6.07) is -0.544. The predicted octanol–water partition coefficient (Wildman–Crippen LogP) is 23.8. The van der Waals surface area contributed by atoms with Crippen LogP contribution < -0.4 is 5.32 Å². The van der Waals surface area contributed by atoms with Crippen LogP contribution in [0.3, 0.4) is 0 Å². The van der Waals surface area contributed by atoms with E-state index in [1.165, 1.54) is 360 Å². The molecule has 6 heteroatoms. The van der Waals surface area contributed by atoms with Gasteiger partial charge in [-0.15, -0.1) is 0 Å². The molecule has 3 N–H and O–H groups in total. The number of amides is 1. The molecule has 0 aromatic rings. The van der Waals surface area contributed by atoms with E-state index in [9.17, 15) is 19.8 Å². The summed E-state index contributed by atoms with van der Waals surface area (Å²) in [6.45, 7) is 5.01. The number of hydrogen-bond acceptors (Lipinski definition) is 5. The second kappa shape index (κ2) is 69.4. The lowest BCUT2D eigenvalue weighted by Gasteiger charge is -2.22. The molecule has 1 amide bonds. The average Bonchev–Trinajstić information content (AvgIpc) is 3.45. The molecule has 0 bridgehead atoms. The quantitative estimate of drug-likeness (QED) is 0.0417. The number of unbranched alkanes of at least 4 members (excludes halogenated alkanes) is 59. The van der Waals surface area contributed by atoms with Crippen LogP contribution in [0.4, 0.5) is 0 Å². The molecule has 0 aromatic carbocycles. The van der Waals surface area contributed by atoms with Crippen molar-refractivity contribution in [2.24, 2.45) is 0 Å². The minimum absolute atomic E-state index is 0.0158. The van der Waals surface area contributed by atoms with Gasteiger partial charge in [0.2, 0.25) is 5.91 Å². The van der Waals surface area contributed by atoms with Crippen molar-refractivity contribution in [1.82, 2.24) is 5.32 Å². The normalized spacial score (nSPS) is 12.4. The van der Waals surface area contributed by atoms with E-state index < -0.39 is 12.1 Å². The number of nitrogens with one attached hydrogen (secondary N) is 1. The van der Waals surface area contributed by atoms with E-state index in [4.69, 9.17) is 4.74 Å². The largest absolute Gasteiger partial charge is 0.466 e. The number of hydrogen-bond donors (Lipinski definition) is 3. The highest BCUT2D eigenvalue weighted by molar-refractivity contribution is 5.76. The lowest BCUT2D eigenvalue weighted by molar-refractivity contribution is -0.143. The first-order valence-corrected chi connectivity index (χ1v) is 36.8. The van der Waals surface area contributed by atoms with Gasteiger partial charge in [0.05, 0.1) is 25.4 Å². The Hall–Kier alpha value is -1.14. The van der Waals surface area contributed by atoms with Crippen LogP contribution in [0.2, 0.25) is 0 Å². The van der Waals surface area contributed by atoms with Crippen molar-refractivity contribution < 1.29 is 24.5 Å². The Morgan fingerprint density at radius 2 is 0.519 bits per heavy atom. The Morgan fingerprint density at radius 3 is 0.772 bits per heavy atom. The number of ether oxygens (including phenoxy) is 1. The molecule has 6 nitrogen and oxygen atoms in total. The molecule has 472 valence electrons. The molecule has 79 heavy (non-hydrogen) atoms. The van der Waals surface area contributed by atoms with Crippen LogP contribution in [0.1, 0.15) is 431 Å². The highest BCUT2D eigenvalue weighted by Gasteiger charge is 2.20. The minimum atomic E-state index is -0.667. The molecule has 0 rings (SSSR count). The summed E-state index contributed by atoms with van der Waals surface area (Å²) in [6.07, 6.45) is 84.4. The molecular weight excluding hydrogens is 971 g/mol. The Bertz CT molecular complexity index is 1150. The van der Waals surface area contributed by atoms with Crippen molar-refractivity contribution in [3.8, 4) is 0 Å². The van der Waals surface area contributed by atoms with Crippen molar-refractivity contribution in [2.75, 3.05) is 13.2 Å². The molecule has 2 unspecified atom stereocenters. The van der Waals surface area contributed by atoms with Crippen LogP contribution in [-0.4, -0.2) is 47.4 Å². The first-order valence-electron chi connectivity index (χ1n) is 36.8. The zero-order chi connectivity index (χ0) is 57.1. The number of rotatable bonds is 70. The van der Waals surface area contributed by atoms with Crippen molar-refractivity contribution in [3.05, 3.63) is 0 Å². The maximum atomic E-state index is 12.6. The smallest absolute Gasteiger partial charge is 0.305 e. The second-order valence-electron chi connectivity index (χ2n) is 25.6. The van der Waals surface area contributed by atoms with Gasteiger partial charge in [0.1, 0.15) is 0 Å². The fourth-order valence-corrected chi connectivity index (χ4v) is 12.1. The lowest BCUT2D eigenvalue weighted by Crippen LogP contribution is -2.45. The number of carbonyl (C=O) groups excluding carboxylic acids is 2. The lowest BCUT2D eigenvalue weighted by atomic mass is 10.0. The molecule has 0 aliphatic rings. The molecule has 0 heterocycles. The third kappa shape index (κ3) is 65.9. The van der Waals surface area contributed by atoms with E-state index in [2.05, 4.69) is 19.2 Å². The van der Waals surface area contributed by atoms with Crippen LogP contribution in [0.5, 0.6) is 0 Å². The summed E-state index contributed by atoms with van der Waals surface area (Å²) in [5.41, 5.74) is 0. The van der Waals surface area contributed by atoms with Crippen molar-refractivity contribution >= 4 is 11.9 Å². The van der Waals surface area contributed by atoms with Crippen LogP contribution >= 0.6 is 0 Å². The van der Waals surface area contributed by atoms with E-state index >= 15 is 0 Å². The van der Waals surface area contributed by atoms with Gasteiger partial charge >= 0.3 is 5.97 Å². The van der Waals surface area contributed by atoms with Crippen molar-refractivity contribution in [3.63, 3.8) is 0 Å². The second-order valence-corrected chi connectivity index (χ2v) is 25.6. The summed E-state index contributed by atoms with van der Waals surface area (Å²) >= 11 is 0. The zero-order valence-corrected chi connectivity index (χ0v) is 54.2. The van der Waals surface area contributed by atoms with Gasteiger partial charge in [-0.3, -0.25) is 9.59 Å². The number of aliphatic hydroxyl groups excluding tert-OH is 2. The minimum Gasteiger partial charge on any atom is -0.466 e. The molecular formula is C73H145NO5. The Balaban J connectivity index is 3.37. The van der Waals surface area contributed by atoms with Gasteiger partial charge in [0, 0.05) is 12.8 Å². The Morgan fingerprint density at radius 1 is 0.304 bits per heavy atom. The standard InChI is InChI=1S/C73H145NO5/c1-3-5-7-9-11-13-15-17-19-21-23-24-25-26-27-30-33-37-41-45-49-53-57-61-65-71(76)70(69-75)74-72(77)66-62-58-54-50-46-42-38-34-31-28-32-36-40-44-48-52-56-60-64-68-79-73(78)67-63-59-55-51-47-43-39-35-29-22-20-18-16-14-12-10-8-6-4-2/h70-71,75-76H,3-69H2,1-2H3,(H,74,77). The monoisotopic (exact) mass is 1120 g/mol. The van der Waals surface area contributed by atoms with E-state index in [-0.39, 0.29) is 18.5 Å². The third-order valence-corrected chi connectivity index (χ3v) is 17.7. The molecule has 0 fully saturated rings. The van der Waals surface area contributed by atoms with Crippen LogP contribution in [-0.2, 0) is 14.3 Å². The van der Waals surface area contributed by atoms with Gasteiger partial charge in [-0.1, -0.05) is 393 Å². The molecule has 0 radical (unpaired) electrons. The van der Waals surface area contributed by atoms with Crippen LogP contribution in [0.15, 0.2) is 0 Å². The van der Waals surface area contributed by atoms with E-state index in [1.807, 2.05) is 0 Å².